The summed E-state index contributed by atoms with van der Waals surface area (Å²) in [6.07, 6.45) is 1.22. The van der Waals surface area contributed by atoms with E-state index in [4.69, 9.17) is 9.73 Å². The summed E-state index contributed by atoms with van der Waals surface area (Å²) in [5.41, 5.74) is 2.61. The quantitative estimate of drug-likeness (QED) is 0.452. The number of carbonyl (C=O) groups is 3. The minimum atomic E-state index is -0.643. The van der Waals surface area contributed by atoms with E-state index >= 15 is 0 Å². The maximum Gasteiger partial charge on any atom is 0.270 e. The summed E-state index contributed by atoms with van der Waals surface area (Å²) in [7, 11) is 1.57. The standard InChI is InChI=1S/C26H29N5O4S/c1-35-16-15-28-23(33)17-36-26-29-20-10-6-5-9-19(20)24-30-25(34)21(31(24)26)11-12-22(32)27-14-13-18-7-3-2-4-8-18/h2-10,21H,11-17H2,1H3,(H,27,32)(H,28,33). The molecular formula is C26H29N5O4S. The Hall–Kier alpha value is -3.50. The molecule has 2 aromatic rings. The van der Waals surface area contributed by atoms with Gasteiger partial charge in [0.05, 0.1) is 18.0 Å². The molecule has 0 spiro atoms. The number of amides is 3. The molecule has 0 fully saturated rings. The fourth-order valence-corrected chi connectivity index (χ4v) is 4.87. The van der Waals surface area contributed by atoms with Crippen LogP contribution in [0.15, 0.2) is 64.6 Å². The number of thioether (sulfide) groups is 1. The van der Waals surface area contributed by atoms with Crippen molar-refractivity contribution in [2.75, 3.05) is 32.6 Å². The van der Waals surface area contributed by atoms with Crippen molar-refractivity contribution in [3.63, 3.8) is 0 Å². The topological polar surface area (TPSA) is 112 Å². The van der Waals surface area contributed by atoms with Crippen molar-refractivity contribution in [3.05, 3.63) is 65.7 Å². The number of nitrogens with zero attached hydrogens (tertiary/aromatic N) is 3. The monoisotopic (exact) mass is 507 g/mol. The SMILES string of the molecule is COCCNC(=O)CSC1=Nc2ccccc2C2=NC(=O)C(CCC(=O)NCCc3ccccc3)N12. The van der Waals surface area contributed by atoms with Crippen LogP contribution in [0.25, 0.3) is 0 Å². The van der Waals surface area contributed by atoms with Gasteiger partial charge in [-0.3, -0.25) is 19.3 Å². The van der Waals surface area contributed by atoms with Crippen LogP contribution in [0.5, 0.6) is 0 Å². The Morgan fingerprint density at radius 2 is 1.75 bits per heavy atom. The lowest BCUT2D eigenvalue weighted by Crippen LogP contribution is -2.44. The van der Waals surface area contributed by atoms with Crippen LogP contribution in [0.1, 0.15) is 24.0 Å². The summed E-state index contributed by atoms with van der Waals surface area (Å²) in [4.78, 5) is 48.5. The number of aliphatic imine (C=N–C) groups is 2. The summed E-state index contributed by atoms with van der Waals surface area (Å²) in [5, 5.41) is 6.24. The minimum absolute atomic E-state index is 0.117. The zero-order valence-corrected chi connectivity index (χ0v) is 20.9. The molecule has 4 rings (SSSR count). The lowest BCUT2D eigenvalue weighted by molar-refractivity contribution is -0.122. The first-order valence-electron chi connectivity index (χ1n) is 11.9. The smallest absolute Gasteiger partial charge is 0.270 e. The van der Waals surface area contributed by atoms with E-state index in [-0.39, 0.29) is 29.9 Å². The molecule has 0 bridgehead atoms. The first kappa shape index (κ1) is 25.6. The zero-order chi connectivity index (χ0) is 25.3. The fraction of sp³-hybridized carbons (Fsp3) is 0.346. The summed E-state index contributed by atoms with van der Waals surface area (Å²) in [5.74, 6) is 0.0688. The average Bonchev–Trinajstić information content (AvgIpc) is 3.23. The number of nitrogens with one attached hydrogen (secondary N) is 2. The van der Waals surface area contributed by atoms with Crippen LogP contribution >= 0.6 is 11.8 Å². The first-order chi connectivity index (χ1) is 17.6. The number of fused-ring (bicyclic) bond motifs is 3. The summed E-state index contributed by atoms with van der Waals surface area (Å²) < 4.78 is 4.96. The van der Waals surface area contributed by atoms with Crippen molar-refractivity contribution in [1.29, 1.82) is 0 Å². The molecule has 2 aliphatic heterocycles. The van der Waals surface area contributed by atoms with Gasteiger partial charge in [0, 0.05) is 32.2 Å². The molecule has 0 radical (unpaired) electrons. The summed E-state index contributed by atoms with van der Waals surface area (Å²) in [6.45, 7) is 1.38. The second-order valence-electron chi connectivity index (χ2n) is 8.33. The van der Waals surface area contributed by atoms with Crippen molar-refractivity contribution >= 4 is 46.2 Å². The summed E-state index contributed by atoms with van der Waals surface area (Å²) >= 11 is 1.24. The van der Waals surface area contributed by atoms with E-state index < -0.39 is 6.04 Å². The molecule has 1 unspecified atom stereocenters. The molecule has 2 aliphatic rings. The van der Waals surface area contributed by atoms with Crippen LogP contribution in [-0.4, -0.2) is 72.2 Å². The molecule has 0 aromatic heterocycles. The molecule has 36 heavy (non-hydrogen) atoms. The van der Waals surface area contributed by atoms with E-state index in [1.54, 1.807) is 12.0 Å². The van der Waals surface area contributed by atoms with Crippen molar-refractivity contribution < 1.29 is 19.1 Å². The number of ether oxygens (including phenoxy) is 1. The number of hydrogen-bond acceptors (Lipinski definition) is 7. The highest BCUT2D eigenvalue weighted by molar-refractivity contribution is 8.14. The Morgan fingerprint density at radius 1 is 1.00 bits per heavy atom. The number of para-hydroxylation sites is 1. The molecule has 2 heterocycles. The molecular weight excluding hydrogens is 478 g/mol. The fourth-order valence-electron chi connectivity index (χ4n) is 4.00. The van der Waals surface area contributed by atoms with E-state index in [0.717, 1.165) is 17.5 Å². The van der Waals surface area contributed by atoms with E-state index in [2.05, 4.69) is 15.6 Å². The molecule has 0 aliphatic carbocycles. The third-order valence-corrected chi connectivity index (χ3v) is 6.75. The van der Waals surface area contributed by atoms with E-state index in [1.165, 1.54) is 11.8 Å². The molecule has 188 valence electrons. The lowest BCUT2D eigenvalue weighted by Gasteiger charge is -2.31. The molecule has 9 nitrogen and oxygen atoms in total. The van der Waals surface area contributed by atoms with E-state index in [9.17, 15) is 14.4 Å². The van der Waals surface area contributed by atoms with Gasteiger partial charge < -0.3 is 15.4 Å². The van der Waals surface area contributed by atoms with Gasteiger partial charge in [-0.2, -0.15) is 4.99 Å². The second-order valence-corrected chi connectivity index (χ2v) is 9.27. The third kappa shape index (κ3) is 6.38. The molecule has 2 aromatic carbocycles. The van der Waals surface area contributed by atoms with Gasteiger partial charge in [-0.25, -0.2) is 4.99 Å². The number of rotatable bonds is 11. The van der Waals surface area contributed by atoms with E-state index in [0.29, 0.717) is 42.8 Å². The summed E-state index contributed by atoms with van der Waals surface area (Å²) in [6, 6.07) is 16.8. The minimum Gasteiger partial charge on any atom is -0.383 e. The third-order valence-electron chi connectivity index (χ3n) is 5.79. The molecule has 10 heteroatoms. The number of methoxy groups -OCH3 is 1. The van der Waals surface area contributed by atoms with Gasteiger partial charge in [-0.1, -0.05) is 54.2 Å². The maximum absolute atomic E-state index is 12.9. The lowest BCUT2D eigenvalue weighted by atomic mass is 10.1. The van der Waals surface area contributed by atoms with Gasteiger partial charge in [0.2, 0.25) is 11.8 Å². The van der Waals surface area contributed by atoms with Crippen molar-refractivity contribution in [3.8, 4) is 0 Å². The van der Waals surface area contributed by atoms with Gasteiger partial charge >= 0.3 is 0 Å². The van der Waals surface area contributed by atoms with Crippen molar-refractivity contribution in [2.24, 2.45) is 9.98 Å². The van der Waals surface area contributed by atoms with E-state index in [1.807, 2.05) is 54.6 Å². The van der Waals surface area contributed by atoms with Gasteiger partial charge in [-0.15, -0.1) is 0 Å². The Balaban J connectivity index is 1.39. The van der Waals surface area contributed by atoms with Crippen molar-refractivity contribution in [2.45, 2.75) is 25.3 Å². The van der Waals surface area contributed by atoms with Gasteiger partial charge in [0.1, 0.15) is 11.9 Å². The van der Waals surface area contributed by atoms with Crippen LogP contribution in [0.4, 0.5) is 5.69 Å². The Morgan fingerprint density at radius 3 is 2.56 bits per heavy atom. The van der Waals surface area contributed by atoms with Crippen LogP contribution < -0.4 is 10.6 Å². The highest BCUT2D eigenvalue weighted by atomic mass is 32.2. The molecule has 1 atom stereocenters. The highest BCUT2D eigenvalue weighted by Gasteiger charge is 2.41. The predicted octanol–water partition coefficient (Wildman–Crippen LogP) is 2.28. The first-order valence-corrected chi connectivity index (χ1v) is 12.8. The van der Waals surface area contributed by atoms with Crippen LogP contribution in [0.2, 0.25) is 0 Å². The molecule has 0 saturated heterocycles. The predicted molar refractivity (Wildman–Crippen MR) is 140 cm³/mol. The largest absolute Gasteiger partial charge is 0.383 e. The highest BCUT2D eigenvalue weighted by Crippen LogP contribution is 2.35. The van der Waals surface area contributed by atoms with Crippen LogP contribution in [0, 0.1) is 0 Å². The Kier molecular flexibility index (Phi) is 8.85. The van der Waals surface area contributed by atoms with Gasteiger partial charge in [-0.05, 0) is 30.5 Å². The Labute approximate surface area is 214 Å². The normalized spacial score (nSPS) is 16.1. The number of benzene rings is 2. The second kappa shape index (κ2) is 12.5. The number of amidine groups is 2. The van der Waals surface area contributed by atoms with Gasteiger partial charge in [0.15, 0.2) is 5.17 Å². The van der Waals surface area contributed by atoms with Gasteiger partial charge in [0.25, 0.3) is 5.91 Å². The van der Waals surface area contributed by atoms with Crippen LogP contribution in [0.3, 0.4) is 0 Å². The van der Waals surface area contributed by atoms with Crippen LogP contribution in [-0.2, 0) is 25.5 Å². The molecule has 3 amide bonds. The zero-order valence-electron chi connectivity index (χ0n) is 20.1. The molecule has 2 N–H and O–H groups in total. The maximum atomic E-state index is 12.9. The number of hydrogen-bond donors (Lipinski definition) is 2. The van der Waals surface area contributed by atoms with Crippen molar-refractivity contribution in [1.82, 2.24) is 15.5 Å². The molecule has 0 saturated carbocycles. The average molecular weight is 508 g/mol. The number of carbonyl (C=O) groups excluding carboxylic acids is 3. The Bertz CT molecular complexity index is 1170.